The largest absolute Gasteiger partial charge is 0.459 e. The van der Waals surface area contributed by atoms with Crippen molar-refractivity contribution in [1.82, 2.24) is 10.2 Å². The van der Waals surface area contributed by atoms with Gasteiger partial charge < -0.3 is 14.5 Å². The number of hydrogen-bond acceptors (Lipinski definition) is 6. The molecule has 0 bridgehead atoms. The topological polar surface area (TPSA) is 106 Å². The minimum atomic E-state index is -0.943. The van der Waals surface area contributed by atoms with Crippen LogP contribution in [0.15, 0.2) is 27.4 Å². The fourth-order valence-electron chi connectivity index (χ4n) is 3.73. The van der Waals surface area contributed by atoms with Crippen LogP contribution in [0.1, 0.15) is 36.5 Å². The van der Waals surface area contributed by atoms with Crippen molar-refractivity contribution in [2.45, 2.75) is 45.8 Å². The predicted molar refractivity (Wildman–Crippen MR) is 103 cm³/mol. The van der Waals surface area contributed by atoms with E-state index in [1.54, 1.807) is 13.0 Å². The first-order valence-corrected chi connectivity index (χ1v) is 9.53. The number of benzene rings is 1. The lowest BCUT2D eigenvalue weighted by Gasteiger charge is -2.20. The Morgan fingerprint density at radius 1 is 1.21 bits per heavy atom. The lowest BCUT2D eigenvalue weighted by molar-refractivity contribution is -0.148. The van der Waals surface area contributed by atoms with Crippen molar-refractivity contribution < 1.29 is 23.5 Å². The van der Waals surface area contributed by atoms with Gasteiger partial charge in [-0.2, -0.15) is 0 Å². The van der Waals surface area contributed by atoms with Crippen molar-refractivity contribution in [3.05, 3.63) is 45.3 Å². The number of ether oxygens (including phenoxy) is 1. The highest BCUT2D eigenvalue weighted by molar-refractivity contribution is 6.08. The van der Waals surface area contributed by atoms with E-state index in [2.05, 4.69) is 5.32 Å². The summed E-state index contributed by atoms with van der Waals surface area (Å²) in [5.74, 6) is -1.01. The van der Waals surface area contributed by atoms with E-state index in [1.807, 2.05) is 19.9 Å². The molecule has 0 unspecified atom stereocenters. The highest BCUT2D eigenvalue weighted by Crippen LogP contribution is 2.42. The van der Waals surface area contributed by atoms with E-state index in [1.165, 1.54) is 6.07 Å². The Bertz CT molecular complexity index is 1100. The molecule has 1 aromatic carbocycles. The van der Waals surface area contributed by atoms with E-state index in [0.29, 0.717) is 16.5 Å². The number of urea groups is 1. The third kappa shape index (κ3) is 3.39. The van der Waals surface area contributed by atoms with Crippen LogP contribution in [-0.4, -0.2) is 34.9 Å². The minimum Gasteiger partial charge on any atom is -0.459 e. The lowest BCUT2D eigenvalue weighted by Crippen LogP contribution is -2.46. The number of imide groups is 1. The molecule has 2 fully saturated rings. The number of fused-ring (bicyclic) bond motifs is 1. The van der Waals surface area contributed by atoms with Gasteiger partial charge in [0.25, 0.3) is 5.91 Å². The second-order valence-corrected chi connectivity index (χ2v) is 7.98. The fourth-order valence-corrected chi connectivity index (χ4v) is 3.73. The van der Waals surface area contributed by atoms with E-state index >= 15 is 0 Å². The van der Waals surface area contributed by atoms with Crippen LogP contribution in [0.25, 0.3) is 11.0 Å². The van der Waals surface area contributed by atoms with Crippen LogP contribution in [0.4, 0.5) is 4.79 Å². The summed E-state index contributed by atoms with van der Waals surface area (Å²) in [5.41, 5.74) is 1.43. The standard InChI is InChI=1S/C21H22N2O6/c1-11-6-15-13(8-17(24)29-16(15)7-12(11)2)10-28-18(25)9-23-19(26)21(3,14-4-5-14)22-20(23)27/h6-8,14H,4-5,9-10H2,1-3H3,(H,22,27)/t21-/m0/s1. The Hall–Kier alpha value is -3.16. The molecule has 1 N–H and O–H groups in total. The zero-order chi connectivity index (χ0) is 20.9. The van der Waals surface area contributed by atoms with Gasteiger partial charge >= 0.3 is 17.6 Å². The SMILES string of the molecule is Cc1cc2oc(=O)cc(COC(=O)CN3C(=O)N[C@@](C)(C4CC4)C3=O)c2cc1C. The van der Waals surface area contributed by atoms with E-state index in [-0.39, 0.29) is 12.5 Å². The van der Waals surface area contributed by atoms with Crippen LogP contribution in [-0.2, 0) is 20.9 Å². The molecule has 3 amide bonds. The van der Waals surface area contributed by atoms with Crippen LogP contribution in [0.2, 0.25) is 0 Å². The van der Waals surface area contributed by atoms with Crippen molar-refractivity contribution >= 4 is 28.9 Å². The van der Waals surface area contributed by atoms with Gasteiger partial charge in [0.1, 0.15) is 24.3 Å². The van der Waals surface area contributed by atoms with E-state index in [0.717, 1.165) is 28.9 Å². The summed E-state index contributed by atoms with van der Waals surface area (Å²) in [6, 6.07) is 4.33. The average Bonchev–Trinajstić information content (AvgIpc) is 3.47. The van der Waals surface area contributed by atoms with Gasteiger partial charge in [0, 0.05) is 17.0 Å². The van der Waals surface area contributed by atoms with Crippen molar-refractivity contribution in [1.29, 1.82) is 0 Å². The van der Waals surface area contributed by atoms with Gasteiger partial charge in [-0.05, 0) is 62.8 Å². The van der Waals surface area contributed by atoms with Gasteiger partial charge in [0.15, 0.2) is 0 Å². The zero-order valence-corrected chi connectivity index (χ0v) is 16.5. The molecule has 152 valence electrons. The number of aryl methyl sites for hydroxylation is 2. The second kappa shape index (κ2) is 6.72. The molecule has 2 aliphatic rings. The second-order valence-electron chi connectivity index (χ2n) is 7.98. The molecule has 8 nitrogen and oxygen atoms in total. The Morgan fingerprint density at radius 3 is 2.59 bits per heavy atom. The van der Waals surface area contributed by atoms with Crippen molar-refractivity contribution in [2.75, 3.05) is 6.54 Å². The van der Waals surface area contributed by atoms with Gasteiger partial charge in [0.05, 0.1) is 0 Å². The summed E-state index contributed by atoms with van der Waals surface area (Å²) in [5, 5.41) is 3.37. The Kier molecular flexibility index (Phi) is 4.44. The Morgan fingerprint density at radius 2 is 1.90 bits per heavy atom. The number of esters is 1. The molecule has 1 atom stereocenters. The molecule has 0 radical (unpaired) electrons. The molecule has 1 aliphatic heterocycles. The highest BCUT2D eigenvalue weighted by Gasteiger charge is 2.56. The number of amides is 3. The lowest BCUT2D eigenvalue weighted by atomic mass is 9.96. The molecule has 2 heterocycles. The summed E-state index contributed by atoms with van der Waals surface area (Å²) in [6.07, 6.45) is 1.76. The van der Waals surface area contributed by atoms with Gasteiger partial charge in [-0.3, -0.25) is 14.5 Å². The quantitative estimate of drug-likeness (QED) is 0.470. The number of carbonyl (C=O) groups is 3. The van der Waals surface area contributed by atoms with Crippen molar-refractivity contribution in [3.8, 4) is 0 Å². The summed E-state index contributed by atoms with van der Waals surface area (Å²) in [4.78, 5) is 49.8. The molecule has 29 heavy (non-hydrogen) atoms. The smallest absolute Gasteiger partial charge is 0.336 e. The first-order valence-electron chi connectivity index (χ1n) is 9.53. The van der Waals surface area contributed by atoms with Crippen LogP contribution in [0.5, 0.6) is 0 Å². The van der Waals surface area contributed by atoms with Crippen LogP contribution in [0, 0.1) is 19.8 Å². The third-order valence-corrected chi connectivity index (χ3v) is 5.82. The van der Waals surface area contributed by atoms with Crippen molar-refractivity contribution in [3.63, 3.8) is 0 Å². The summed E-state index contributed by atoms with van der Waals surface area (Å²) >= 11 is 0. The fraction of sp³-hybridized carbons (Fsp3) is 0.429. The predicted octanol–water partition coefficient (Wildman–Crippen LogP) is 2.17. The third-order valence-electron chi connectivity index (χ3n) is 5.82. The van der Waals surface area contributed by atoms with Gasteiger partial charge in [-0.1, -0.05) is 0 Å². The Labute approximate surface area is 166 Å². The maximum Gasteiger partial charge on any atom is 0.336 e. The van der Waals surface area contributed by atoms with Gasteiger partial charge in [0.2, 0.25) is 0 Å². The molecule has 1 aromatic heterocycles. The molecule has 4 rings (SSSR count). The number of nitrogens with one attached hydrogen (secondary N) is 1. The summed E-state index contributed by atoms with van der Waals surface area (Å²) in [7, 11) is 0. The van der Waals surface area contributed by atoms with Crippen LogP contribution >= 0.6 is 0 Å². The monoisotopic (exact) mass is 398 g/mol. The molecule has 1 saturated carbocycles. The number of hydrogen-bond donors (Lipinski definition) is 1. The maximum absolute atomic E-state index is 12.6. The summed E-state index contributed by atoms with van der Waals surface area (Å²) in [6.45, 7) is 4.91. The molecular weight excluding hydrogens is 376 g/mol. The zero-order valence-electron chi connectivity index (χ0n) is 16.5. The molecule has 1 saturated heterocycles. The van der Waals surface area contributed by atoms with Gasteiger partial charge in [-0.25, -0.2) is 9.59 Å². The van der Waals surface area contributed by atoms with Gasteiger partial charge in [-0.15, -0.1) is 0 Å². The van der Waals surface area contributed by atoms with E-state index in [4.69, 9.17) is 9.15 Å². The maximum atomic E-state index is 12.6. The molecular formula is C21H22N2O6. The average molecular weight is 398 g/mol. The number of rotatable bonds is 5. The first-order chi connectivity index (χ1) is 13.7. The highest BCUT2D eigenvalue weighted by atomic mass is 16.5. The summed E-state index contributed by atoms with van der Waals surface area (Å²) < 4.78 is 10.5. The molecule has 2 aromatic rings. The van der Waals surface area contributed by atoms with E-state index < -0.39 is 35.6 Å². The molecule has 1 aliphatic carbocycles. The van der Waals surface area contributed by atoms with E-state index in [9.17, 15) is 19.2 Å². The molecule has 8 heteroatoms. The van der Waals surface area contributed by atoms with Crippen LogP contribution < -0.4 is 10.9 Å². The number of nitrogens with zero attached hydrogens (tertiary/aromatic N) is 1. The Balaban J connectivity index is 1.48. The number of carbonyl (C=O) groups excluding carboxylic acids is 3. The minimum absolute atomic E-state index is 0.113. The molecule has 0 spiro atoms. The normalized spacial score (nSPS) is 21.6. The van der Waals surface area contributed by atoms with Crippen LogP contribution in [0.3, 0.4) is 0 Å². The van der Waals surface area contributed by atoms with Crippen molar-refractivity contribution in [2.24, 2.45) is 5.92 Å². The first kappa shape index (κ1) is 19.2.